The number of ether oxygens (including phenoxy) is 3. The lowest BCUT2D eigenvalue weighted by atomic mass is 9.99. The van der Waals surface area contributed by atoms with Crippen LogP contribution >= 0.6 is 0 Å². The van der Waals surface area contributed by atoms with E-state index in [1.54, 1.807) is 6.08 Å². The molecule has 488 valence electrons. The van der Waals surface area contributed by atoms with Crippen molar-refractivity contribution in [3.05, 3.63) is 72.9 Å². The van der Waals surface area contributed by atoms with E-state index in [0.29, 0.717) is 12.8 Å². The monoisotopic (exact) mass is 1180 g/mol. The van der Waals surface area contributed by atoms with Crippen molar-refractivity contribution >= 4 is 11.9 Å². The summed E-state index contributed by atoms with van der Waals surface area (Å²) in [7, 11) is 0. The van der Waals surface area contributed by atoms with Crippen molar-refractivity contribution in [3.63, 3.8) is 0 Å². The minimum Gasteiger partial charge on any atom is -0.454 e. The number of esters is 1. The number of carbonyl (C=O) groups is 2. The molecule has 0 bridgehead atoms. The molecule has 1 amide bonds. The first-order valence-electron chi connectivity index (χ1n) is 35.2. The van der Waals surface area contributed by atoms with Crippen molar-refractivity contribution in [2.24, 2.45) is 0 Å². The molecule has 1 rings (SSSR count). The molecule has 11 nitrogen and oxygen atoms in total. The molecule has 0 aromatic heterocycles. The average Bonchev–Trinajstić information content (AvgIpc) is 3.54. The molecule has 8 unspecified atom stereocenters. The van der Waals surface area contributed by atoms with Crippen LogP contribution in [0.5, 0.6) is 0 Å². The molecule has 0 radical (unpaired) electrons. The minimum atomic E-state index is -1.62. The van der Waals surface area contributed by atoms with Crippen molar-refractivity contribution in [1.82, 2.24) is 5.32 Å². The fraction of sp³-hybridized carbons (Fsp3) is 0.808. The zero-order valence-electron chi connectivity index (χ0n) is 54.3. The lowest BCUT2D eigenvalue weighted by Gasteiger charge is -2.41. The second kappa shape index (κ2) is 60.4. The molecule has 1 aliphatic rings. The SMILES string of the molecule is CCCCC/C=C\C/C=C\C/C=C\C/C=C\CCCCCCCCCCC(O)C(=O)NC(COC1OC(CO)C(O)C(O)C1OC(=O)CCCCCCCCCCC/C=C/CCCCCCCC)C(O)/C=C/CCCCCCCCCCCC. The van der Waals surface area contributed by atoms with Gasteiger partial charge in [0.05, 0.1) is 25.4 Å². The fourth-order valence-electron chi connectivity index (χ4n) is 10.7. The quantitative estimate of drug-likeness (QED) is 0.0195. The van der Waals surface area contributed by atoms with E-state index in [0.717, 1.165) is 83.5 Å². The van der Waals surface area contributed by atoms with Crippen LogP contribution in [0, 0.1) is 0 Å². The summed E-state index contributed by atoms with van der Waals surface area (Å²) in [6.45, 7) is 5.78. The zero-order valence-corrected chi connectivity index (χ0v) is 54.3. The van der Waals surface area contributed by atoms with E-state index in [4.69, 9.17) is 14.2 Å². The number of unbranched alkanes of at least 4 members (excludes halogenated alkanes) is 36. The molecule has 84 heavy (non-hydrogen) atoms. The number of rotatable bonds is 60. The Bertz CT molecular complexity index is 1640. The third kappa shape index (κ3) is 47.2. The normalized spacial score (nSPS) is 18.9. The smallest absolute Gasteiger partial charge is 0.306 e. The molecule has 1 aliphatic heterocycles. The highest BCUT2D eigenvalue weighted by Gasteiger charge is 2.47. The van der Waals surface area contributed by atoms with Crippen molar-refractivity contribution in [1.29, 1.82) is 0 Å². The first-order chi connectivity index (χ1) is 41.2. The number of allylic oxidation sites excluding steroid dienone is 11. The van der Waals surface area contributed by atoms with E-state index < -0.39 is 67.4 Å². The maximum atomic E-state index is 13.5. The number of aliphatic hydroxyl groups excluding tert-OH is 5. The van der Waals surface area contributed by atoms with Crippen LogP contribution < -0.4 is 5.32 Å². The molecule has 0 spiro atoms. The molecular formula is C73H131NO10. The Morgan fingerprint density at radius 1 is 0.464 bits per heavy atom. The van der Waals surface area contributed by atoms with Crippen LogP contribution in [0.4, 0.5) is 0 Å². The molecule has 0 aromatic rings. The van der Waals surface area contributed by atoms with E-state index in [2.05, 4.69) is 86.8 Å². The lowest BCUT2D eigenvalue weighted by Crippen LogP contribution is -2.61. The highest BCUT2D eigenvalue weighted by atomic mass is 16.7. The highest BCUT2D eigenvalue weighted by molar-refractivity contribution is 5.80. The first kappa shape index (κ1) is 79.1. The summed E-state index contributed by atoms with van der Waals surface area (Å²) in [6.07, 6.45) is 67.9. The van der Waals surface area contributed by atoms with E-state index in [-0.39, 0.29) is 19.4 Å². The van der Waals surface area contributed by atoms with Crippen LogP contribution in [-0.2, 0) is 23.8 Å². The zero-order chi connectivity index (χ0) is 61.0. The molecule has 1 fully saturated rings. The van der Waals surface area contributed by atoms with Gasteiger partial charge in [0.25, 0.3) is 0 Å². The second-order valence-corrected chi connectivity index (χ2v) is 24.3. The van der Waals surface area contributed by atoms with Crippen molar-refractivity contribution in [3.8, 4) is 0 Å². The fourth-order valence-corrected chi connectivity index (χ4v) is 10.7. The van der Waals surface area contributed by atoms with Gasteiger partial charge in [-0.1, -0.05) is 286 Å². The standard InChI is InChI=1S/C73H131NO10/c1-4-7-10-13-16-19-22-25-27-29-31-32-33-34-35-37-38-40-42-45-48-51-54-57-60-66(77)72(81)74-64(65(76)59-56-53-50-47-44-24-21-18-15-12-9-6-3)63-82-73-71(70(80)69(79)67(62-75)83-73)84-68(78)61-58-55-52-49-46-43-41-39-36-30-28-26-23-20-17-14-11-8-5-2/h16,19,25-28,31-32,34-35,56,59,64-67,69-71,73,75-77,79-80H,4-15,17-18,20-24,29-30,33,36-55,57-58,60-63H2,1-3H3,(H,74,81)/b19-16-,27-25-,28-26+,32-31-,35-34-,59-56+. The molecular weight excluding hydrogens is 1050 g/mol. The molecule has 0 saturated carbocycles. The van der Waals surface area contributed by atoms with Crippen LogP contribution in [0.3, 0.4) is 0 Å². The average molecular weight is 1180 g/mol. The summed E-state index contributed by atoms with van der Waals surface area (Å²) in [4.78, 5) is 26.7. The number of hydrogen-bond acceptors (Lipinski definition) is 10. The molecule has 0 aromatic carbocycles. The van der Waals surface area contributed by atoms with Gasteiger partial charge in [0.2, 0.25) is 5.91 Å². The van der Waals surface area contributed by atoms with Crippen molar-refractivity contribution in [2.75, 3.05) is 13.2 Å². The van der Waals surface area contributed by atoms with Gasteiger partial charge in [0, 0.05) is 6.42 Å². The molecule has 8 atom stereocenters. The van der Waals surface area contributed by atoms with Crippen molar-refractivity contribution in [2.45, 2.75) is 365 Å². The predicted molar refractivity (Wildman–Crippen MR) is 352 cm³/mol. The minimum absolute atomic E-state index is 0.120. The number of hydrogen-bond donors (Lipinski definition) is 6. The van der Waals surface area contributed by atoms with Crippen LogP contribution in [-0.4, -0.2) is 99.6 Å². The molecule has 1 heterocycles. The second-order valence-electron chi connectivity index (χ2n) is 24.3. The first-order valence-corrected chi connectivity index (χ1v) is 35.2. The molecule has 1 saturated heterocycles. The van der Waals surface area contributed by atoms with Gasteiger partial charge < -0.3 is 45.1 Å². The molecule has 0 aliphatic carbocycles. The van der Waals surface area contributed by atoms with Gasteiger partial charge in [-0.2, -0.15) is 0 Å². The number of nitrogens with one attached hydrogen (secondary N) is 1. The Balaban J connectivity index is 2.60. The van der Waals surface area contributed by atoms with Crippen molar-refractivity contribution < 1.29 is 49.3 Å². The van der Waals surface area contributed by atoms with E-state index in [1.165, 1.54) is 186 Å². The highest BCUT2D eigenvalue weighted by Crippen LogP contribution is 2.26. The van der Waals surface area contributed by atoms with Crippen LogP contribution in [0.15, 0.2) is 72.9 Å². The summed E-state index contributed by atoms with van der Waals surface area (Å²) in [5.41, 5.74) is 0. The summed E-state index contributed by atoms with van der Waals surface area (Å²) in [6, 6.07) is -1.03. The summed E-state index contributed by atoms with van der Waals surface area (Å²) >= 11 is 0. The van der Waals surface area contributed by atoms with Gasteiger partial charge >= 0.3 is 5.97 Å². The topological polar surface area (TPSA) is 175 Å². The largest absolute Gasteiger partial charge is 0.454 e. The van der Waals surface area contributed by atoms with E-state index >= 15 is 0 Å². The maximum absolute atomic E-state index is 13.5. The summed E-state index contributed by atoms with van der Waals surface area (Å²) in [5.74, 6) is -1.20. The van der Waals surface area contributed by atoms with Crippen LogP contribution in [0.1, 0.15) is 316 Å². The Kier molecular flexibility index (Phi) is 56.9. The predicted octanol–water partition coefficient (Wildman–Crippen LogP) is 17.9. The Morgan fingerprint density at radius 3 is 1.26 bits per heavy atom. The van der Waals surface area contributed by atoms with E-state index in [9.17, 15) is 35.1 Å². The van der Waals surface area contributed by atoms with Gasteiger partial charge in [0.1, 0.15) is 24.4 Å². The summed E-state index contributed by atoms with van der Waals surface area (Å²) in [5, 5.41) is 57.2. The van der Waals surface area contributed by atoms with Gasteiger partial charge in [0.15, 0.2) is 12.4 Å². The summed E-state index contributed by atoms with van der Waals surface area (Å²) < 4.78 is 17.7. The number of carbonyl (C=O) groups excluding carboxylic acids is 2. The maximum Gasteiger partial charge on any atom is 0.306 e. The molecule has 11 heteroatoms. The Hall–Kier alpha value is -2.90. The van der Waals surface area contributed by atoms with E-state index in [1.807, 2.05) is 6.08 Å². The Labute approximate surface area is 515 Å². The van der Waals surface area contributed by atoms with Gasteiger partial charge in [-0.05, 0) is 96.3 Å². The Morgan fingerprint density at radius 2 is 0.821 bits per heavy atom. The number of amides is 1. The van der Waals surface area contributed by atoms with Crippen LogP contribution in [0.25, 0.3) is 0 Å². The van der Waals surface area contributed by atoms with Gasteiger partial charge in [-0.25, -0.2) is 0 Å². The number of aliphatic hydroxyl groups is 5. The third-order valence-electron chi connectivity index (χ3n) is 16.3. The third-order valence-corrected chi connectivity index (χ3v) is 16.3. The lowest BCUT2D eigenvalue weighted by molar-refractivity contribution is -0.305. The molecule has 6 N–H and O–H groups in total. The van der Waals surface area contributed by atoms with Gasteiger partial charge in [-0.3, -0.25) is 9.59 Å². The van der Waals surface area contributed by atoms with Gasteiger partial charge in [-0.15, -0.1) is 0 Å². The van der Waals surface area contributed by atoms with Crippen LogP contribution in [0.2, 0.25) is 0 Å².